The van der Waals surface area contributed by atoms with E-state index < -0.39 is 5.54 Å². The highest BCUT2D eigenvalue weighted by Gasteiger charge is 2.53. The van der Waals surface area contributed by atoms with Gasteiger partial charge in [-0.05, 0) is 20.3 Å². The van der Waals surface area contributed by atoms with Gasteiger partial charge in [-0.15, -0.1) is 6.58 Å². The maximum atomic E-state index is 11.8. The van der Waals surface area contributed by atoms with Crippen molar-refractivity contribution in [3.05, 3.63) is 12.7 Å². The number of hydrogen-bond donors (Lipinski definition) is 2. The molecular weight excluding hydrogens is 216 g/mol. The molecule has 0 radical (unpaired) electrons. The van der Waals surface area contributed by atoms with Gasteiger partial charge in [-0.1, -0.05) is 6.08 Å². The number of likely N-dealkylation sites (tertiary alicyclic amines) is 1. The lowest BCUT2D eigenvalue weighted by molar-refractivity contribution is 0.175. The Hall–Kier alpha value is -1.36. The molecule has 0 aromatic rings. The summed E-state index contributed by atoms with van der Waals surface area (Å²) in [7, 11) is 0. The molecule has 0 aromatic heterocycles. The Morgan fingerprint density at radius 1 is 1.65 bits per heavy atom. The summed E-state index contributed by atoms with van der Waals surface area (Å²) in [5.41, 5.74) is -0.449. The van der Waals surface area contributed by atoms with Crippen molar-refractivity contribution in [1.82, 2.24) is 15.1 Å². The molecule has 2 heterocycles. The third-order valence-electron chi connectivity index (χ3n) is 3.78. The van der Waals surface area contributed by atoms with Crippen LogP contribution in [0.3, 0.4) is 0 Å². The molecule has 2 N–H and O–H groups in total. The number of rotatable bonds is 3. The van der Waals surface area contributed by atoms with Gasteiger partial charge in [-0.25, -0.2) is 4.79 Å². The number of hydrogen-bond acceptors (Lipinski definition) is 3. The largest absolute Gasteiger partial charge is 0.323 e. The van der Waals surface area contributed by atoms with Crippen molar-refractivity contribution in [3.8, 4) is 0 Å². The van der Waals surface area contributed by atoms with E-state index in [2.05, 4.69) is 30.6 Å². The van der Waals surface area contributed by atoms with E-state index in [1.807, 2.05) is 0 Å². The Labute approximate surface area is 102 Å². The van der Waals surface area contributed by atoms with Crippen LogP contribution in [-0.2, 0) is 0 Å². The summed E-state index contributed by atoms with van der Waals surface area (Å²) in [4.78, 5) is 15.9. The fourth-order valence-corrected chi connectivity index (χ4v) is 2.69. The number of carbonyl (C=O) groups is 1. The lowest BCUT2D eigenvalue weighted by Crippen LogP contribution is -2.52. The van der Waals surface area contributed by atoms with Crippen molar-refractivity contribution < 1.29 is 4.79 Å². The second kappa shape index (κ2) is 4.14. The summed E-state index contributed by atoms with van der Waals surface area (Å²) in [5.74, 6) is 0.340. The Morgan fingerprint density at radius 2 is 2.35 bits per heavy atom. The smallest absolute Gasteiger partial charge is 0.307 e. The van der Waals surface area contributed by atoms with E-state index in [-0.39, 0.29) is 6.03 Å². The van der Waals surface area contributed by atoms with Gasteiger partial charge in [0.25, 0.3) is 0 Å². The zero-order valence-electron chi connectivity index (χ0n) is 10.5. The lowest BCUT2D eigenvalue weighted by atomic mass is 9.96. The Kier molecular flexibility index (Phi) is 2.95. The standard InChI is InChI=1S/C12H20N4O/c1-4-6-16-11(17)14-10(13)12(16)5-7-15(8-12)9(2)3/h4,9H,1,5-8H2,2-3H3,(H2,13,14,17). The van der Waals surface area contributed by atoms with Crippen LogP contribution < -0.4 is 5.32 Å². The van der Waals surface area contributed by atoms with Gasteiger partial charge in [0.15, 0.2) is 0 Å². The summed E-state index contributed by atoms with van der Waals surface area (Å²) in [6.07, 6.45) is 2.55. The monoisotopic (exact) mass is 236 g/mol. The van der Waals surface area contributed by atoms with E-state index in [1.54, 1.807) is 11.0 Å². The Morgan fingerprint density at radius 3 is 2.88 bits per heavy atom. The molecule has 5 nitrogen and oxygen atoms in total. The molecule has 2 saturated heterocycles. The van der Waals surface area contributed by atoms with Crippen LogP contribution in [0.25, 0.3) is 0 Å². The predicted molar refractivity (Wildman–Crippen MR) is 67.2 cm³/mol. The van der Waals surface area contributed by atoms with E-state index >= 15 is 0 Å². The van der Waals surface area contributed by atoms with Crippen molar-refractivity contribution in [2.45, 2.75) is 31.8 Å². The summed E-state index contributed by atoms with van der Waals surface area (Å²) in [5, 5.41) is 10.7. The van der Waals surface area contributed by atoms with Crippen molar-refractivity contribution >= 4 is 11.9 Å². The predicted octanol–water partition coefficient (Wildman–Crippen LogP) is 1.03. The first kappa shape index (κ1) is 12.1. The zero-order chi connectivity index (χ0) is 12.6. The third-order valence-corrected chi connectivity index (χ3v) is 3.78. The number of nitrogens with one attached hydrogen (secondary N) is 2. The number of amides is 2. The fraction of sp³-hybridized carbons (Fsp3) is 0.667. The van der Waals surface area contributed by atoms with Crippen LogP contribution >= 0.6 is 0 Å². The van der Waals surface area contributed by atoms with Gasteiger partial charge in [-0.3, -0.25) is 15.6 Å². The average Bonchev–Trinajstić information content (AvgIpc) is 2.79. The normalized spacial score (nSPS) is 29.5. The highest BCUT2D eigenvalue weighted by atomic mass is 16.2. The quantitative estimate of drug-likeness (QED) is 0.719. The summed E-state index contributed by atoms with van der Waals surface area (Å²) >= 11 is 0. The molecule has 0 bridgehead atoms. The Balaban J connectivity index is 2.25. The number of nitrogens with zero attached hydrogens (tertiary/aromatic N) is 2. The molecule has 0 aliphatic carbocycles. The first-order valence-electron chi connectivity index (χ1n) is 6.04. The summed E-state index contributed by atoms with van der Waals surface area (Å²) in [6, 6.07) is 0.281. The van der Waals surface area contributed by atoms with E-state index in [0.29, 0.717) is 18.4 Å². The molecule has 2 fully saturated rings. The molecule has 0 saturated carbocycles. The van der Waals surface area contributed by atoms with Crippen LogP contribution in [0.1, 0.15) is 20.3 Å². The van der Waals surface area contributed by atoms with Crippen LogP contribution in [-0.4, -0.2) is 52.9 Å². The van der Waals surface area contributed by atoms with Gasteiger partial charge in [0.1, 0.15) is 11.4 Å². The molecule has 1 spiro atoms. The number of amidine groups is 1. The molecule has 5 heteroatoms. The molecule has 2 amide bonds. The molecule has 1 atom stereocenters. The number of carbonyl (C=O) groups excluding carboxylic acids is 1. The summed E-state index contributed by atoms with van der Waals surface area (Å²) in [6.45, 7) is 10.2. The van der Waals surface area contributed by atoms with Crippen LogP contribution in [0.5, 0.6) is 0 Å². The second-order valence-electron chi connectivity index (χ2n) is 5.05. The van der Waals surface area contributed by atoms with Crippen molar-refractivity contribution in [2.75, 3.05) is 19.6 Å². The second-order valence-corrected chi connectivity index (χ2v) is 5.05. The zero-order valence-corrected chi connectivity index (χ0v) is 10.5. The number of urea groups is 1. The van der Waals surface area contributed by atoms with Gasteiger partial charge in [0.05, 0.1) is 0 Å². The maximum Gasteiger partial charge on any atom is 0.323 e. The molecule has 0 aromatic carbocycles. The maximum absolute atomic E-state index is 11.8. The van der Waals surface area contributed by atoms with E-state index in [0.717, 1.165) is 19.5 Å². The average molecular weight is 236 g/mol. The molecule has 1 unspecified atom stereocenters. The van der Waals surface area contributed by atoms with Gasteiger partial charge in [0.2, 0.25) is 0 Å². The molecule has 17 heavy (non-hydrogen) atoms. The highest BCUT2D eigenvalue weighted by molar-refractivity contribution is 6.08. The van der Waals surface area contributed by atoms with Gasteiger partial charge >= 0.3 is 6.03 Å². The van der Waals surface area contributed by atoms with Gasteiger partial charge < -0.3 is 4.90 Å². The van der Waals surface area contributed by atoms with Crippen LogP contribution in [0, 0.1) is 5.41 Å². The van der Waals surface area contributed by atoms with Gasteiger partial charge in [-0.2, -0.15) is 0 Å². The molecule has 2 aliphatic heterocycles. The minimum atomic E-state index is -0.449. The van der Waals surface area contributed by atoms with E-state index in [4.69, 9.17) is 5.41 Å². The minimum Gasteiger partial charge on any atom is -0.307 e. The minimum absolute atomic E-state index is 0.166. The SMILES string of the molecule is C=CCN1C(=O)NC(=N)C12CCN(C(C)C)C2. The highest BCUT2D eigenvalue weighted by Crippen LogP contribution is 2.33. The first-order chi connectivity index (χ1) is 8.01. The van der Waals surface area contributed by atoms with E-state index in [1.165, 1.54) is 0 Å². The lowest BCUT2D eigenvalue weighted by Gasteiger charge is -2.33. The van der Waals surface area contributed by atoms with Crippen LogP contribution in [0.15, 0.2) is 12.7 Å². The topological polar surface area (TPSA) is 59.4 Å². The Bertz CT molecular complexity index is 366. The molecule has 2 rings (SSSR count). The van der Waals surface area contributed by atoms with E-state index in [9.17, 15) is 4.79 Å². The summed E-state index contributed by atoms with van der Waals surface area (Å²) < 4.78 is 0. The first-order valence-corrected chi connectivity index (χ1v) is 6.04. The fourth-order valence-electron chi connectivity index (χ4n) is 2.69. The molecule has 94 valence electrons. The molecular formula is C12H20N4O. The third kappa shape index (κ3) is 1.74. The molecule has 2 aliphatic rings. The van der Waals surface area contributed by atoms with Crippen LogP contribution in [0.2, 0.25) is 0 Å². The van der Waals surface area contributed by atoms with Crippen molar-refractivity contribution in [1.29, 1.82) is 5.41 Å². The van der Waals surface area contributed by atoms with Crippen molar-refractivity contribution in [2.24, 2.45) is 0 Å². The van der Waals surface area contributed by atoms with Crippen molar-refractivity contribution in [3.63, 3.8) is 0 Å². The van der Waals surface area contributed by atoms with Crippen LogP contribution in [0.4, 0.5) is 4.79 Å². The van der Waals surface area contributed by atoms with Gasteiger partial charge in [0, 0.05) is 25.7 Å².